The molecule has 1 atom stereocenters. The second kappa shape index (κ2) is 4.00. The lowest BCUT2D eigenvalue weighted by Crippen LogP contribution is -2.55. The zero-order chi connectivity index (χ0) is 12.8. The summed E-state index contributed by atoms with van der Waals surface area (Å²) in [6.07, 6.45) is 6.42. The fourth-order valence-electron chi connectivity index (χ4n) is 2.54. The van der Waals surface area contributed by atoms with E-state index in [0.29, 0.717) is 5.41 Å². The minimum atomic E-state index is 0.0218. The van der Waals surface area contributed by atoms with Crippen molar-refractivity contribution in [3.8, 4) is 0 Å². The van der Waals surface area contributed by atoms with Crippen molar-refractivity contribution in [2.24, 2.45) is 5.41 Å². The van der Waals surface area contributed by atoms with Crippen molar-refractivity contribution >= 4 is 6.03 Å². The normalized spacial score (nSPS) is 21.6. The lowest BCUT2D eigenvalue weighted by molar-refractivity contribution is 0.105. The standard InChI is InChI=1S/C13H20N4O/c1-3-17-7-11(6-14-17)10(2)15-12(18)16-8-13(9-16)4-5-13/h6-7,10H,3-5,8-9H2,1-2H3,(H,15,18). The fourth-order valence-corrected chi connectivity index (χ4v) is 2.54. The average molecular weight is 248 g/mol. The molecular weight excluding hydrogens is 228 g/mol. The van der Waals surface area contributed by atoms with Gasteiger partial charge in [0.25, 0.3) is 0 Å². The van der Waals surface area contributed by atoms with Gasteiger partial charge in [0.2, 0.25) is 0 Å². The Morgan fingerprint density at radius 2 is 2.28 bits per heavy atom. The van der Waals surface area contributed by atoms with E-state index in [4.69, 9.17) is 0 Å². The molecule has 1 saturated carbocycles. The van der Waals surface area contributed by atoms with Crippen LogP contribution < -0.4 is 5.32 Å². The lowest BCUT2D eigenvalue weighted by Gasteiger charge is -2.40. The SMILES string of the molecule is CCn1cc(C(C)NC(=O)N2CC3(CC3)C2)cn1. The van der Waals surface area contributed by atoms with Gasteiger partial charge in [-0.3, -0.25) is 4.68 Å². The van der Waals surface area contributed by atoms with E-state index in [0.717, 1.165) is 25.2 Å². The number of aryl methyl sites for hydroxylation is 1. The third kappa shape index (κ3) is 1.98. The van der Waals surface area contributed by atoms with Crippen LogP contribution in [0.25, 0.3) is 0 Å². The van der Waals surface area contributed by atoms with E-state index in [2.05, 4.69) is 17.3 Å². The second-order valence-electron chi connectivity index (χ2n) is 5.66. The van der Waals surface area contributed by atoms with Gasteiger partial charge >= 0.3 is 6.03 Å². The molecule has 2 fully saturated rings. The number of rotatable bonds is 3. The first-order valence-corrected chi connectivity index (χ1v) is 6.70. The first-order chi connectivity index (χ1) is 8.62. The zero-order valence-electron chi connectivity index (χ0n) is 11.0. The predicted molar refractivity (Wildman–Crippen MR) is 68.1 cm³/mol. The number of nitrogens with zero attached hydrogens (tertiary/aromatic N) is 3. The van der Waals surface area contributed by atoms with Crippen LogP contribution in [-0.4, -0.2) is 33.8 Å². The molecule has 5 heteroatoms. The molecule has 1 aliphatic heterocycles. The van der Waals surface area contributed by atoms with Gasteiger partial charge in [-0.25, -0.2) is 4.79 Å². The van der Waals surface area contributed by atoms with Crippen LogP contribution in [-0.2, 0) is 6.54 Å². The third-order valence-corrected chi connectivity index (χ3v) is 4.11. The average Bonchev–Trinajstić information content (AvgIpc) is 2.97. The van der Waals surface area contributed by atoms with Gasteiger partial charge < -0.3 is 10.2 Å². The van der Waals surface area contributed by atoms with Crippen LogP contribution >= 0.6 is 0 Å². The van der Waals surface area contributed by atoms with Crippen molar-refractivity contribution in [3.63, 3.8) is 0 Å². The van der Waals surface area contributed by atoms with Gasteiger partial charge in [-0.2, -0.15) is 5.10 Å². The molecule has 1 saturated heterocycles. The van der Waals surface area contributed by atoms with Crippen molar-refractivity contribution < 1.29 is 4.79 Å². The summed E-state index contributed by atoms with van der Waals surface area (Å²) in [5, 5.41) is 7.26. The molecule has 18 heavy (non-hydrogen) atoms. The Labute approximate surface area is 107 Å². The highest BCUT2D eigenvalue weighted by Crippen LogP contribution is 2.52. The Bertz CT molecular complexity index is 455. The van der Waals surface area contributed by atoms with Gasteiger partial charge in [0.15, 0.2) is 0 Å². The number of nitrogens with one attached hydrogen (secondary N) is 1. The molecule has 1 aliphatic carbocycles. The van der Waals surface area contributed by atoms with Gasteiger partial charge in [-0.15, -0.1) is 0 Å². The predicted octanol–water partition coefficient (Wildman–Crippen LogP) is 1.77. The van der Waals surface area contributed by atoms with E-state index in [1.165, 1.54) is 12.8 Å². The Morgan fingerprint density at radius 1 is 1.56 bits per heavy atom. The molecule has 2 heterocycles. The molecule has 1 aromatic heterocycles. The van der Waals surface area contributed by atoms with Crippen LogP contribution in [0.1, 0.15) is 38.3 Å². The maximum atomic E-state index is 12.0. The fraction of sp³-hybridized carbons (Fsp3) is 0.692. The van der Waals surface area contributed by atoms with E-state index in [1.54, 1.807) is 0 Å². The number of amides is 2. The van der Waals surface area contributed by atoms with Gasteiger partial charge in [-0.1, -0.05) is 0 Å². The van der Waals surface area contributed by atoms with Crippen LogP contribution in [0.2, 0.25) is 0 Å². The number of aromatic nitrogens is 2. The zero-order valence-corrected chi connectivity index (χ0v) is 11.0. The number of carbonyl (C=O) groups excluding carboxylic acids is 1. The Morgan fingerprint density at radius 3 is 2.83 bits per heavy atom. The smallest absolute Gasteiger partial charge is 0.317 e. The van der Waals surface area contributed by atoms with E-state index < -0.39 is 0 Å². The molecule has 1 aromatic rings. The van der Waals surface area contributed by atoms with Gasteiger partial charge in [0.05, 0.1) is 12.2 Å². The largest absolute Gasteiger partial charge is 0.331 e. The van der Waals surface area contributed by atoms with E-state index in [-0.39, 0.29) is 12.1 Å². The number of hydrogen-bond acceptors (Lipinski definition) is 2. The number of hydrogen-bond donors (Lipinski definition) is 1. The quantitative estimate of drug-likeness (QED) is 0.886. The van der Waals surface area contributed by atoms with Crippen LogP contribution in [0.3, 0.4) is 0 Å². The van der Waals surface area contributed by atoms with Crippen LogP contribution in [0.15, 0.2) is 12.4 Å². The first-order valence-electron chi connectivity index (χ1n) is 6.70. The highest BCUT2D eigenvalue weighted by Gasteiger charge is 2.53. The maximum absolute atomic E-state index is 12.0. The van der Waals surface area contributed by atoms with Gasteiger partial charge in [0, 0.05) is 36.8 Å². The number of likely N-dealkylation sites (tertiary alicyclic amines) is 1. The monoisotopic (exact) mass is 248 g/mol. The van der Waals surface area contributed by atoms with Crippen LogP contribution in [0.5, 0.6) is 0 Å². The highest BCUT2D eigenvalue weighted by molar-refractivity contribution is 5.76. The lowest BCUT2D eigenvalue weighted by atomic mass is 9.97. The molecule has 3 rings (SSSR count). The number of carbonyl (C=O) groups is 1. The summed E-state index contributed by atoms with van der Waals surface area (Å²) < 4.78 is 1.88. The Balaban J connectivity index is 1.53. The van der Waals surface area contributed by atoms with Gasteiger partial charge in [0.1, 0.15) is 0 Å². The highest BCUT2D eigenvalue weighted by atomic mass is 16.2. The Hall–Kier alpha value is -1.52. The topological polar surface area (TPSA) is 50.2 Å². The van der Waals surface area contributed by atoms with E-state index in [9.17, 15) is 4.79 Å². The molecule has 1 unspecified atom stereocenters. The second-order valence-corrected chi connectivity index (χ2v) is 5.66. The number of urea groups is 1. The summed E-state index contributed by atoms with van der Waals surface area (Å²) in [5.41, 5.74) is 1.58. The molecule has 0 radical (unpaired) electrons. The molecule has 1 N–H and O–H groups in total. The van der Waals surface area contributed by atoms with E-state index >= 15 is 0 Å². The summed E-state index contributed by atoms with van der Waals surface area (Å²) in [6.45, 7) is 6.80. The first kappa shape index (κ1) is 11.6. The molecule has 2 amide bonds. The maximum Gasteiger partial charge on any atom is 0.317 e. The van der Waals surface area contributed by atoms with Crippen molar-refractivity contribution in [2.45, 2.75) is 39.3 Å². The summed E-state index contributed by atoms with van der Waals surface area (Å²) in [6, 6.07) is 0.0813. The summed E-state index contributed by atoms with van der Waals surface area (Å²) in [7, 11) is 0. The molecule has 0 bridgehead atoms. The van der Waals surface area contributed by atoms with Crippen LogP contribution in [0.4, 0.5) is 4.79 Å². The van der Waals surface area contributed by atoms with E-state index in [1.807, 2.05) is 28.9 Å². The van der Waals surface area contributed by atoms with Gasteiger partial charge in [-0.05, 0) is 26.7 Å². The third-order valence-electron chi connectivity index (χ3n) is 4.11. The summed E-state index contributed by atoms with van der Waals surface area (Å²) in [5.74, 6) is 0. The van der Waals surface area contributed by atoms with Crippen molar-refractivity contribution in [2.75, 3.05) is 13.1 Å². The molecule has 98 valence electrons. The van der Waals surface area contributed by atoms with Crippen LogP contribution in [0, 0.1) is 5.41 Å². The molecular formula is C13H20N4O. The molecule has 1 spiro atoms. The summed E-state index contributed by atoms with van der Waals surface area (Å²) in [4.78, 5) is 13.9. The molecule has 0 aromatic carbocycles. The summed E-state index contributed by atoms with van der Waals surface area (Å²) >= 11 is 0. The molecule has 2 aliphatic rings. The van der Waals surface area contributed by atoms with Crippen molar-refractivity contribution in [3.05, 3.63) is 18.0 Å². The minimum absolute atomic E-state index is 0.0218. The minimum Gasteiger partial charge on any atom is -0.331 e. The molecule has 5 nitrogen and oxygen atoms in total. The Kier molecular flexibility index (Phi) is 2.57. The van der Waals surface area contributed by atoms with Crippen molar-refractivity contribution in [1.82, 2.24) is 20.0 Å². The van der Waals surface area contributed by atoms with Crippen molar-refractivity contribution in [1.29, 1.82) is 0 Å².